The highest BCUT2D eigenvalue weighted by Crippen LogP contribution is 2.28. The van der Waals surface area contributed by atoms with Gasteiger partial charge >= 0.3 is 0 Å². The van der Waals surface area contributed by atoms with Crippen molar-refractivity contribution in [2.75, 3.05) is 24.5 Å². The molecule has 1 aromatic rings. The Bertz CT molecular complexity index is 380. The van der Waals surface area contributed by atoms with Crippen molar-refractivity contribution in [2.45, 2.75) is 20.8 Å². The van der Waals surface area contributed by atoms with Gasteiger partial charge in [-0.1, -0.05) is 37.0 Å². The molecule has 96 valence electrons. The van der Waals surface area contributed by atoms with Gasteiger partial charge in [-0.25, -0.2) is 4.98 Å². The highest BCUT2D eigenvalue weighted by Gasteiger charge is 2.21. The molecule has 1 heterocycles. The summed E-state index contributed by atoms with van der Waals surface area (Å²) in [5, 5.41) is 1.13. The first kappa shape index (κ1) is 14.6. The molecule has 0 fully saturated rings. The molecular weight excluding hydrogens is 257 g/mol. The third kappa shape index (κ3) is 4.02. The lowest BCUT2D eigenvalue weighted by atomic mass is 9.93. The predicted octanol–water partition coefficient (Wildman–Crippen LogP) is 3.20. The molecule has 0 bridgehead atoms. The van der Waals surface area contributed by atoms with E-state index < -0.39 is 0 Å². The summed E-state index contributed by atoms with van der Waals surface area (Å²) in [7, 11) is 0. The lowest BCUT2D eigenvalue weighted by Gasteiger charge is -2.32. The van der Waals surface area contributed by atoms with Crippen molar-refractivity contribution in [1.29, 1.82) is 0 Å². The van der Waals surface area contributed by atoms with E-state index in [4.69, 9.17) is 28.9 Å². The zero-order valence-corrected chi connectivity index (χ0v) is 12.0. The Morgan fingerprint density at radius 3 is 2.53 bits per heavy atom. The molecule has 0 aliphatic heterocycles. The number of nitrogens with two attached hydrogens (primary N) is 1. The molecule has 0 radical (unpaired) electrons. The van der Waals surface area contributed by atoms with Gasteiger partial charge in [0, 0.05) is 19.3 Å². The van der Waals surface area contributed by atoms with E-state index in [2.05, 4.69) is 30.7 Å². The van der Waals surface area contributed by atoms with Crippen LogP contribution in [0.5, 0.6) is 0 Å². The van der Waals surface area contributed by atoms with Crippen molar-refractivity contribution >= 4 is 29.0 Å². The minimum absolute atomic E-state index is 0.0284. The number of anilines is 1. The first-order valence-corrected chi connectivity index (χ1v) is 6.41. The van der Waals surface area contributed by atoms with Crippen LogP contribution in [-0.4, -0.2) is 24.6 Å². The van der Waals surface area contributed by atoms with Gasteiger partial charge in [-0.15, -0.1) is 0 Å². The Kier molecular flexibility index (Phi) is 5.04. The molecule has 0 aromatic carbocycles. The second kappa shape index (κ2) is 5.89. The zero-order valence-electron chi connectivity index (χ0n) is 10.5. The quantitative estimate of drug-likeness (QED) is 0.898. The molecule has 0 saturated carbocycles. The molecule has 1 aromatic heterocycles. The molecule has 3 nitrogen and oxygen atoms in total. The van der Waals surface area contributed by atoms with Crippen LogP contribution in [0.4, 0.5) is 5.82 Å². The van der Waals surface area contributed by atoms with Gasteiger partial charge in [0.05, 0.1) is 10.0 Å². The lowest BCUT2D eigenvalue weighted by molar-refractivity contribution is 0.379. The normalized spacial score (nSPS) is 11.6. The minimum atomic E-state index is 0.0284. The fourth-order valence-corrected chi connectivity index (χ4v) is 2.06. The smallest absolute Gasteiger partial charge is 0.147 e. The number of aromatic nitrogens is 1. The van der Waals surface area contributed by atoms with E-state index in [0.29, 0.717) is 16.6 Å². The van der Waals surface area contributed by atoms with Crippen molar-refractivity contribution < 1.29 is 0 Å². The van der Waals surface area contributed by atoms with Crippen LogP contribution in [0.15, 0.2) is 12.3 Å². The Morgan fingerprint density at radius 1 is 1.41 bits per heavy atom. The van der Waals surface area contributed by atoms with Crippen LogP contribution in [-0.2, 0) is 0 Å². The van der Waals surface area contributed by atoms with Gasteiger partial charge in [0.25, 0.3) is 0 Å². The SMILES string of the molecule is CCN(CC(C)(C)CN)c1ncc(Cl)cc1Cl. The Hall–Kier alpha value is -0.510. The van der Waals surface area contributed by atoms with Crippen LogP contribution in [0.3, 0.4) is 0 Å². The van der Waals surface area contributed by atoms with E-state index >= 15 is 0 Å². The monoisotopic (exact) mass is 275 g/mol. The molecule has 0 amide bonds. The van der Waals surface area contributed by atoms with E-state index in [1.54, 1.807) is 12.3 Å². The molecule has 0 aliphatic rings. The van der Waals surface area contributed by atoms with Crippen LogP contribution < -0.4 is 10.6 Å². The van der Waals surface area contributed by atoms with Crippen LogP contribution in [0, 0.1) is 5.41 Å². The predicted molar refractivity (Wildman–Crippen MR) is 75.0 cm³/mol. The zero-order chi connectivity index (χ0) is 13.1. The summed E-state index contributed by atoms with van der Waals surface area (Å²) in [6, 6.07) is 1.71. The minimum Gasteiger partial charge on any atom is -0.355 e. The van der Waals surface area contributed by atoms with E-state index in [-0.39, 0.29) is 5.41 Å². The highest BCUT2D eigenvalue weighted by atomic mass is 35.5. The highest BCUT2D eigenvalue weighted by molar-refractivity contribution is 6.36. The second-order valence-corrected chi connectivity index (χ2v) is 5.69. The number of hydrogen-bond acceptors (Lipinski definition) is 3. The summed E-state index contributed by atoms with van der Waals surface area (Å²) in [5.41, 5.74) is 5.78. The maximum Gasteiger partial charge on any atom is 0.147 e. The summed E-state index contributed by atoms with van der Waals surface area (Å²) in [6.45, 7) is 8.58. The van der Waals surface area contributed by atoms with Crippen molar-refractivity contribution in [2.24, 2.45) is 11.1 Å². The third-order valence-electron chi connectivity index (χ3n) is 2.64. The molecule has 0 aliphatic carbocycles. The molecule has 1 rings (SSSR count). The molecule has 0 atom stereocenters. The molecule has 17 heavy (non-hydrogen) atoms. The molecule has 0 saturated heterocycles. The van der Waals surface area contributed by atoms with Gasteiger partial charge in [-0.2, -0.15) is 0 Å². The number of pyridine rings is 1. The van der Waals surface area contributed by atoms with Crippen LogP contribution in [0.1, 0.15) is 20.8 Å². The maximum atomic E-state index is 6.16. The van der Waals surface area contributed by atoms with Crippen molar-refractivity contribution in [3.8, 4) is 0 Å². The summed E-state index contributed by atoms with van der Waals surface area (Å²) in [5.74, 6) is 0.764. The fourth-order valence-electron chi connectivity index (χ4n) is 1.56. The Balaban J connectivity index is 2.94. The molecule has 0 unspecified atom stereocenters. The summed E-state index contributed by atoms with van der Waals surface area (Å²) >= 11 is 12.0. The van der Waals surface area contributed by atoms with Crippen LogP contribution in [0.2, 0.25) is 10.0 Å². The van der Waals surface area contributed by atoms with Gasteiger partial charge < -0.3 is 10.6 Å². The van der Waals surface area contributed by atoms with Gasteiger partial charge in [-0.3, -0.25) is 0 Å². The summed E-state index contributed by atoms with van der Waals surface area (Å²) in [4.78, 5) is 6.41. The van der Waals surface area contributed by atoms with Crippen molar-refractivity contribution in [1.82, 2.24) is 4.98 Å². The third-order valence-corrected chi connectivity index (χ3v) is 3.13. The molecule has 0 spiro atoms. The molecule has 2 N–H and O–H groups in total. The van der Waals surface area contributed by atoms with Gasteiger partial charge in [0.2, 0.25) is 0 Å². The Labute approximate surface area is 113 Å². The standard InChI is InChI=1S/C12H19Cl2N3/c1-4-17(8-12(2,3)7-15)11-10(14)5-9(13)6-16-11/h5-6H,4,7-8,15H2,1-3H3. The molecule has 5 heteroatoms. The average Bonchev–Trinajstić information content (AvgIpc) is 2.26. The van der Waals surface area contributed by atoms with Gasteiger partial charge in [0.1, 0.15) is 5.82 Å². The summed E-state index contributed by atoms with van der Waals surface area (Å²) in [6.07, 6.45) is 1.61. The van der Waals surface area contributed by atoms with Crippen molar-refractivity contribution in [3.05, 3.63) is 22.3 Å². The number of hydrogen-bond donors (Lipinski definition) is 1. The average molecular weight is 276 g/mol. The lowest BCUT2D eigenvalue weighted by Crippen LogP contribution is -2.39. The fraction of sp³-hybridized carbons (Fsp3) is 0.583. The maximum absolute atomic E-state index is 6.16. The topological polar surface area (TPSA) is 42.1 Å². The van der Waals surface area contributed by atoms with E-state index in [9.17, 15) is 0 Å². The molecular formula is C12H19Cl2N3. The van der Waals surface area contributed by atoms with E-state index in [1.165, 1.54) is 0 Å². The largest absolute Gasteiger partial charge is 0.355 e. The summed E-state index contributed by atoms with van der Waals surface area (Å²) < 4.78 is 0. The first-order chi connectivity index (χ1) is 7.89. The second-order valence-electron chi connectivity index (χ2n) is 4.84. The number of nitrogens with zero attached hydrogens (tertiary/aromatic N) is 2. The Morgan fingerprint density at radius 2 is 2.06 bits per heavy atom. The number of rotatable bonds is 5. The van der Waals surface area contributed by atoms with Crippen molar-refractivity contribution in [3.63, 3.8) is 0 Å². The van der Waals surface area contributed by atoms with E-state index in [1.807, 2.05) is 0 Å². The first-order valence-electron chi connectivity index (χ1n) is 5.65. The van der Waals surface area contributed by atoms with Crippen LogP contribution >= 0.6 is 23.2 Å². The van der Waals surface area contributed by atoms with E-state index in [0.717, 1.165) is 18.9 Å². The number of halogens is 2. The van der Waals surface area contributed by atoms with Gasteiger partial charge in [0.15, 0.2) is 0 Å². The van der Waals surface area contributed by atoms with Gasteiger partial charge in [-0.05, 0) is 24.9 Å². The van der Waals surface area contributed by atoms with Crippen LogP contribution in [0.25, 0.3) is 0 Å².